The van der Waals surface area contributed by atoms with Crippen molar-refractivity contribution in [2.24, 2.45) is 0 Å². The summed E-state index contributed by atoms with van der Waals surface area (Å²) < 4.78 is 28.6. The van der Waals surface area contributed by atoms with Crippen LogP contribution in [0.25, 0.3) is 0 Å². The predicted molar refractivity (Wildman–Crippen MR) is 161 cm³/mol. The van der Waals surface area contributed by atoms with Gasteiger partial charge in [-0.25, -0.2) is 8.42 Å². The SMILES string of the molecule is CC[C@H](C)NC(=O)[C@H](CC)N(Cc1ccc(Cl)cc1Cl)C(=O)CN(c1ccccc1Cl)S(=O)(=O)c1ccccc1. The average Bonchev–Trinajstić information content (AvgIpc) is 2.93. The van der Waals surface area contributed by atoms with Gasteiger partial charge in [0.2, 0.25) is 11.8 Å². The number of carbonyl (C=O) groups excluding carboxylic acids is 2. The van der Waals surface area contributed by atoms with Crippen LogP contribution in [-0.4, -0.2) is 43.8 Å². The molecule has 0 bridgehead atoms. The van der Waals surface area contributed by atoms with Crippen LogP contribution >= 0.6 is 34.8 Å². The molecule has 2 amide bonds. The lowest BCUT2D eigenvalue weighted by molar-refractivity contribution is -0.140. The van der Waals surface area contributed by atoms with Crippen LogP contribution in [0, 0.1) is 0 Å². The molecule has 0 aliphatic heterocycles. The molecule has 0 aliphatic carbocycles. The maximum absolute atomic E-state index is 14.1. The number of rotatable bonds is 12. The second kappa shape index (κ2) is 14.2. The molecule has 0 heterocycles. The maximum atomic E-state index is 14.1. The van der Waals surface area contributed by atoms with Crippen molar-refractivity contribution in [1.29, 1.82) is 0 Å². The highest BCUT2D eigenvalue weighted by Gasteiger charge is 2.34. The smallest absolute Gasteiger partial charge is 0.264 e. The van der Waals surface area contributed by atoms with E-state index in [-0.39, 0.29) is 40.5 Å². The van der Waals surface area contributed by atoms with Crippen LogP contribution in [0.2, 0.25) is 15.1 Å². The van der Waals surface area contributed by atoms with E-state index >= 15 is 0 Å². The minimum Gasteiger partial charge on any atom is -0.352 e. The number of hydrogen-bond acceptors (Lipinski definition) is 4. The molecule has 2 atom stereocenters. The van der Waals surface area contributed by atoms with E-state index in [0.717, 1.165) is 4.31 Å². The Labute approximate surface area is 251 Å². The molecule has 3 rings (SSSR count). The first-order valence-corrected chi connectivity index (χ1v) is 15.4. The van der Waals surface area contributed by atoms with Crippen molar-refractivity contribution in [2.75, 3.05) is 10.8 Å². The summed E-state index contributed by atoms with van der Waals surface area (Å²) in [5, 5.41) is 3.84. The number of benzene rings is 3. The van der Waals surface area contributed by atoms with Gasteiger partial charge >= 0.3 is 0 Å². The third-order valence-electron chi connectivity index (χ3n) is 6.47. The topological polar surface area (TPSA) is 86.8 Å². The van der Waals surface area contributed by atoms with Gasteiger partial charge in [-0.05, 0) is 61.7 Å². The standard InChI is InChI=1S/C29H32Cl3N3O4S/c1-4-20(3)33-29(37)26(5-2)34(18-21-15-16-22(30)17-25(21)32)28(36)19-35(27-14-10-9-13-24(27)31)40(38,39)23-11-7-6-8-12-23/h6-17,20,26H,4-5,18-19H2,1-3H3,(H,33,37)/t20-,26-/m0/s1. The maximum Gasteiger partial charge on any atom is 0.264 e. The summed E-state index contributed by atoms with van der Waals surface area (Å²) in [5.41, 5.74) is 0.701. The fourth-order valence-corrected chi connectivity index (χ4v) is 6.29. The molecular formula is C29H32Cl3N3O4S. The molecule has 0 aromatic heterocycles. The van der Waals surface area contributed by atoms with E-state index in [0.29, 0.717) is 22.0 Å². The Morgan fingerprint density at radius 1 is 0.875 bits per heavy atom. The number of hydrogen-bond donors (Lipinski definition) is 1. The van der Waals surface area contributed by atoms with Crippen LogP contribution < -0.4 is 9.62 Å². The van der Waals surface area contributed by atoms with Gasteiger partial charge in [0, 0.05) is 22.6 Å². The number of halogens is 3. The van der Waals surface area contributed by atoms with E-state index < -0.39 is 28.5 Å². The Hall–Kier alpha value is -2.78. The van der Waals surface area contributed by atoms with Crippen molar-refractivity contribution < 1.29 is 18.0 Å². The summed E-state index contributed by atoms with van der Waals surface area (Å²) in [6.07, 6.45) is 0.992. The highest BCUT2D eigenvalue weighted by atomic mass is 35.5. The number of carbonyl (C=O) groups is 2. The fourth-order valence-electron chi connectivity index (χ4n) is 4.08. The highest BCUT2D eigenvalue weighted by Crippen LogP contribution is 2.31. The van der Waals surface area contributed by atoms with Crippen LogP contribution in [0.15, 0.2) is 77.7 Å². The molecule has 1 N–H and O–H groups in total. The van der Waals surface area contributed by atoms with Gasteiger partial charge in [-0.15, -0.1) is 0 Å². The lowest BCUT2D eigenvalue weighted by Gasteiger charge is -2.34. The largest absolute Gasteiger partial charge is 0.352 e. The third kappa shape index (κ3) is 7.69. The molecule has 0 fully saturated rings. The van der Waals surface area contributed by atoms with Crippen molar-refractivity contribution in [2.45, 2.75) is 57.1 Å². The van der Waals surface area contributed by atoms with Crippen molar-refractivity contribution in [3.8, 4) is 0 Å². The molecule has 0 aliphatic rings. The zero-order valence-corrected chi connectivity index (χ0v) is 25.6. The van der Waals surface area contributed by atoms with Crippen LogP contribution in [0.1, 0.15) is 39.2 Å². The predicted octanol–water partition coefficient (Wildman–Crippen LogP) is 6.56. The number of amides is 2. The van der Waals surface area contributed by atoms with Gasteiger partial charge in [0.25, 0.3) is 10.0 Å². The van der Waals surface area contributed by atoms with E-state index in [4.69, 9.17) is 34.8 Å². The molecule has 0 radical (unpaired) electrons. The highest BCUT2D eigenvalue weighted by molar-refractivity contribution is 7.92. The Balaban J connectivity index is 2.08. The van der Waals surface area contributed by atoms with Gasteiger partial charge in [0.15, 0.2) is 0 Å². The van der Waals surface area contributed by atoms with Crippen molar-refractivity contribution in [3.63, 3.8) is 0 Å². The van der Waals surface area contributed by atoms with Gasteiger partial charge < -0.3 is 10.2 Å². The molecule has 40 heavy (non-hydrogen) atoms. The second-order valence-corrected chi connectivity index (χ2v) is 12.4. The molecule has 0 saturated heterocycles. The van der Waals surface area contributed by atoms with E-state index in [2.05, 4.69) is 5.32 Å². The first-order chi connectivity index (χ1) is 19.0. The quantitative estimate of drug-likeness (QED) is 0.247. The fraction of sp³-hybridized carbons (Fsp3) is 0.310. The minimum atomic E-state index is -4.21. The lowest BCUT2D eigenvalue weighted by atomic mass is 10.1. The van der Waals surface area contributed by atoms with Gasteiger partial charge in [0.1, 0.15) is 12.6 Å². The summed E-state index contributed by atoms with van der Waals surface area (Å²) >= 11 is 18.9. The van der Waals surface area contributed by atoms with Crippen molar-refractivity contribution in [1.82, 2.24) is 10.2 Å². The Bertz CT molecular complexity index is 1440. The van der Waals surface area contributed by atoms with Crippen LogP contribution in [0.3, 0.4) is 0 Å². The average molecular weight is 625 g/mol. The summed E-state index contributed by atoms with van der Waals surface area (Å²) in [6, 6.07) is 18.0. The van der Waals surface area contributed by atoms with Gasteiger partial charge in [0.05, 0.1) is 15.6 Å². The van der Waals surface area contributed by atoms with Crippen LogP contribution in [0.5, 0.6) is 0 Å². The molecule has 214 valence electrons. The molecule has 3 aromatic carbocycles. The van der Waals surface area contributed by atoms with Gasteiger partial charge in [-0.3, -0.25) is 13.9 Å². The molecule has 7 nitrogen and oxygen atoms in total. The number of para-hydroxylation sites is 1. The molecule has 11 heteroatoms. The van der Waals surface area contributed by atoms with E-state index in [9.17, 15) is 18.0 Å². The molecule has 3 aromatic rings. The first kappa shape index (κ1) is 31.7. The van der Waals surface area contributed by atoms with Crippen LogP contribution in [0.4, 0.5) is 5.69 Å². The number of nitrogens with zero attached hydrogens (tertiary/aromatic N) is 2. The van der Waals surface area contributed by atoms with E-state index in [1.54, 1.807) is 61.5 Å². The van der Waals surface area contributed by atoms with Gasteiger partial charge in [-0.1, -0.05) is 85.0 Å². The summed E-state index contributed by atoms with van der Waals surface area (Å²) in [6.45, 7) is 4.97. The number of nitrogens with one attached hydrogen (secondary N) is 1. The molecule has 0 saturated carbocycles. The van der Waals surface area contributed by atoms with Crippen LogP contribution in [-0.2, 0) is 26.2 Å². The van der Waals surface area contributed by atoms with Crippen molar-refractivity contribution >= 4 is 62.3 Å². The third-order valence-corrected chi connectivity index (χ3v) is 9.15. The van der Waals surface area contributed by atoms with E-state index in [1.165, 1.54) is 23.1 Å². The Morgan fingerprint density at radius 3 is 2.12 bits per heavy atom. The molecular weight excluding hydrogens is 593 g/mol. The van der Waals surface area contributed by atoms with E-state index in [1.807, 2.05) is 13.8 Å². The molecule has 0 spiro atoms. The van der Waals surface area contributed by atoms with Crippen molar-refractivity contribution in [3.05, 3.63) is 93.4 Å². The van der Waals surface area contributed by atoms with Gasteiger partial charge in [-0.2, -0.15) is 0 Å². The Morgan fingerprint density at radius 2 is 1.52 bits per heavy atom. The second-order valence-electron chi connectivity index (χ2n) is 9.28. The molecule has 0 unspecified atom stereocenters. The Kier molecular flexibility index (Phi) is 11.3. The zero-order valence-electron chi connectivity index (χ0n) is 22.5. The number of sulfonamides is 1. The number of anilines is 1. The summed E-state index contributed by atoms with van der Waals surface area (Å²) in [7, 11) is -4.21. The minimum absolute atomic E-state index is 0.00318. The monoisotopic (exact) mass is 623 g/mol. The zero-order chi connectivity index (χ0) is 29.4. The summed E-state index contributed by atoms with van der Waals surface area (Å²) in [5.74, 6) is -0.943. The normalized spacial score (nSPS) is 12.8. The first-order valence-electron chi connectivity index (χ1n) is 12.9. The summed E-state index contributed by atoms with van der Waals surface area (Å²) in [4.78, 5) is 28.8. The lowest BCUT2D eigenvalue weighted by Crippen LogP contribution is -2.53.